The summed E-state index contributed by atoms with van der Waals surface area (Å²) >= 11 is 2.76. The number of anilines is 2. The van der Waals surface area contributed by atoms with Crippen LogP contribution in [0, 0.1) is 25.2 Å². The highest BCUT2D eigenvalue weighted by Crippen LogP contribution is 2.32. The van der Waals surface area contributed by atoms with Gasteiger partial charge in [-0.25, -0.2) is 0 Å². The van der Waals surface area contributed by atoms with Gasteiger partial charge in [0.05, 0.1) is 23.2 Å². The highest BCUT2D eigenvalue weighted by molar-refractivity contribution is 8.00. The Kier molecular flexibility index (Phi) is 4.83. The molecule has 0 atom stereocenters. The van der Waals surface area contributed by atoms with Crippen molar-refractivity contribution in [3.63, 3.8) is 0 Å². The Labute approximate surface area is 131 Å². The first-order valence-corrected chi connectivity index (χ1v) is 7.95. The Bertz CT molecular complexity index is 718. The molecule has 0 bridgehead atoms. The molecule has 0 saturated carbocycles. The second kappa shape index (κ2) is 6.61. The van der Waals surface area contributed by atoms with E-state index in [0.717, 1.165) is 15.3 Å². The van der Waals surface area contributed by atoms with E-state index in [1.54, 1.807) is 18.5 Å². The molecule has 0 aliphatic heterocycles. The van der Waals surface area contributed by atoms with Crippen molar-refractivity contribution >= 4 is 39.7 Å². The van der Waals surface area contributed by atoms with Gasteiger partial charge in [0.15, 0.2) is 0 Å². The molecule has 2 aromatic heterocycles. The number of rotatable bonds is 4. The molecule has 0 unspecified atom stereocenters. The summed E-state index contributed by atoms with van der Waals surface area (Å²) in [5.74, 6) is 0.0729. The number of amides is 1. The zero-order chi connectivity index (χ0) is 15.4. The fraction of sp³-hybridized carbons (Fsp3) is 0.214. The third-order valence-electron chi connectivity index (χ3n) is 2.92. The van der Waals surface area contributed by atoms with Gasteiger partial charge in [-0.15, -0.1) is 23.1 Å². The second-order valence-electron chi connectivity index (χ2n) is 4.35. The van der Waals surface area contributed by atoms with Crippen LogP contribution in [0.2, 0.25) is 0 Å². The molecule has 108 valence electrons. The van der Waals surface area contributed by atoms with E-state index in [-0.39, 0.29) is 11.7 Å². The van der Waals surface area contributed by atoms with E-state index in [4.69, 9.17) is 11.0 Å². The van der Waals surface area contributed by atoms with E-state index < -0.39 is 0 Å². The van der Waals surface area contributed by atoms with Gasteiger partial charge in [0.1, 0.15) is 11.1 Å². The number of nitrogens with zero attached hydrogens (tertiary/aromatic N) is 2. The molecule has 2 aromatic rings. The lowest BCUT2D eigenvalue weighted by molar-refractivity contribution is -0.113. The van der Waals surface area contributed by atoms with Crippen LogP contribution in [0.15, 0.2) is 23.4 Å². The normalized spacial score (nSPS) is 10.1. The largest absolute Gasteiger partial charge is 0.397 e. The highest BCUT2D eigenvalue weighted by Gasteiger charge is 2.14. The summed E-state index contributed by atoms with van der Waals surface area (Å²) in [4.78, 5) is 17.8. The van der Waals surface area contributed by atoms with Crippen LogP contribution in [-0.2, 0) is 4.79 Å². The van der Waals surface area contributed by atoms with Crippen LogP contribution in [0.25, 0.3) is 0 Å². The number of carbonyl (C=O) groups excluding carboxylic acids is 1. The van der Waals surface area contributed by atoms with Gasteiger partial charge in [-0.1, -0.05) is 0 Å². The number of nitrogen functional groups attached to an aromatic ring is 1. The first-order valence-electron chi connectivity index (χ1n) is 6.15. The molecule has 0 aromatic carbocycles. The van der Waals surface area contributed by atoms with Gasteiger partial charge < -0.3 is 11.1 Å². The molecular formula is C14H14N4OS2. The predicted octanol–water partition coefficient (Wildman–Crippen LogP) is 2.94. The molecule has 2 heterocycles. The molecule has 0 fully saturated rings. The number of nitrogens with two attached hydrogens (primary N) is 1. The number of thioether (sulfide) groups is 1. The monoisotopic (exact) mass is 318 g/mol. The fourth-order valence-electron chi connectivity index (χ4n) is 1.68. The molecule has 1 amide bonds. The average molecular weight is 318 g/mol. The van der Waals surface area contributed by atoms with Crippen molar-refractivity contribution in [2.45, 2.75) is 18.7 Å². The summed E-state index contributed by atoms with van der Waals surface area (Å²) in [6.07, 6.45) is 3.19. The molecular weight excluding hydrogens is 304 g/mol. The molecule has 5 nitrogen and oxygen atoms in total. The zero-order valence-electron chi connectivity index (χ0n) is 11.6. The maximum absolute atomic E-state index is 12.0. The molecule has 0 aliphatic rings. The summed E-state index contributed by atoms with van der Waals surface area (Å²) < 4.78 is 0. The van der Waals surface area contributed by atoms with Crippen LogP contribution in [0.4, 0.5) is 10.7 Å². The van der Waals surface area contributed by atoms with Crippen molar-refractivity contribution in [1.82, 2.24) is 4.98 Å². The lowest BCUT2D eigenvalue weighted by Gasteiger charge is -2.05. The first-order chi connectivity index (χ1) is 10.0. The third kappa shape index (κ3) is 3.54. The lowest BCUT2D eigenvalue weighted by atomic mass is 10.2. The predicted molar refractivity (Wildman–Crippen MR) is 86.5 cm³/mol. The van der Waals surface area contributed by atoms with E-state index in [9.17, 15) is 4.79 Å². The van der Waals surface area contributed by atoms with E-state index in [2.05, 4.69) is 16.4 Å². The van der Waals surface area contributed by atoms with Gasteiger partial charge >= 0.3 is 0 Å². The van der Waals surface area contributed by atoms with Crippen LogP contribution in [0.5, 0.6) is 0 Å². The highest BCUT2D eigenvalue weighted by atomic mass is 32.2. The number of hydrogen-bond acceptors (Lipinski definition) is 6. The minimum atomic E-state index is -0.158. The Balaban J connectivity index is 2.02. The molecule has 21 heavy (non-hydrogen) atoms. The number of carbonyl (C=O) groups is 1. The van der Waals surface area contributed by atoms with Gasteiger partial charge in [0.2, 0.25) is 5.91 Å². The van der Waals surface area contributed by atoms with Gasteiger partial charge in [-0.05, 0) is 25.5 Å². The van der Waals surface area contributed by atoms with Crippen molar-refractivity contribution in [2.75, 3.05) is 16.8 Å². The molecule has 0 saturated heterocycles. The zero-order valence-corrected chi connectivity index (χ0v) is 13.3. The maximum Gasteiger partial charge on any atom is 0.235 e. The lowest BCUT2D eigenvalue weighted by Crippen LogP contribution is -2.14. The standard InChI is InChI=1S/C14H14N4OS2/c1-8-9(2)21-14(10(8)5-15)18-13(19)7-20-12-3-4-17-6-11(12)16/h3-4,6H,7,16H2,1-2H3,(H,18,19). The summed E-state index contributed by atoms with van der Waals surface area (Å²) in [7, 11) is 0. The van der Waals surface area contributed by atoms with Gasteiger partial charge in [0, 0.05) is 16.0 Å². The van der Waals surface area contributed by atoms with E-state index in [1.807, 2.05) is 13.8 Å². The summed E-state index contributed by atoms with van der Waals surface area (Å²) in [5.41, 5.74) is 7.79. The van der Waals surface area contributed by atoms with E-state index >= 15 is 0 Å². The van der Waals surface area contributed by atoms with Crippen LogP contribution in [-0.4, -0.2) is 16.6 Å². The van der Waals surface area contributed by atoms with Gasteiger partial charge in [-0.3, -0.25) is 9.78 Å². The van der Waals surface area contributed by atoms with Crippen LogP contribution in [0.1, 0.15) is 16.0 Å². The number of hydrogen-bond donors (Lipinski definition) is 2. The topological polar surface area (TPSA) is 91.8 Å². The quantitative estimate of drug-likeness (QED) is 0.846. The Hall–Kier alpha value is -2.04. The molecule has 7 heteroatoms. The van der Waals surface area contributed by atoms with Crippen molar-refractivity contribution in [2.24, 2.45) is 0 Å². The molecule has 0 aliphatic carbocycles. The number of thiophene rings is 1. The summed E-state index contributed by atoms with van der Waals surface area (Å²) in [5, 5.41) is 12.6. The molecule has 3 N–H and O–H groups in total. The number of aromatic nitrogens is 1. The van der Waals surface area contributed by atoms with Crippen molar-refractivity contribution < 1.29 is 4.79 Å². The number of aryl methyl sites for hydroxylation is 1. The second-order valence-corrected chi connectivity index (χ2v) is 6.59. The summed E-state index contributed by atoms with van der Waals surface area (Å²) in [6, 6.07) is 3.90. The smallest absolute Gasteiger partial charge is 0.235 e. The van der Waals surface area contributed by atoms with Crippen LogP contribution >= 0.6 is 23.1 Å². The first kappa shape index (κ1) is 15.4. The molecule has 2 rings (SSSR count). The van der Waals surface area contributed by atoms with Gasteiger partial charge in [0.25, 0.3) is 0 Å². The Morgan fingerprint density at radius 1 is 1.57 bits per heavy atom. The van der Waals surface area contributed by atoms with Crippen molar-refractivity contribution in [1.29, 1.82) is 5.26 Å². The average Bonchev–Trinajstić information content (AvgIpc) is 2.72. The Morgan fingerprint density at radius 2 is 2.33 bits per heavy atom. The minimum Gasteiger partial charge on any atom is -0.397 e. The van der Waals surface area contributed by atoms with Crippen LogP contribution < -0.4 is 11.1 Å². The number of nitriles is 1. The fourth-order valence-corrected chi connectivity index (χ4v) is 3.44. The van der Waals surface area contributed by atoms with Gasteiger partial charge in [-0.2, -0.15) is 5.26 Å². The van der Waals surface area contributed by atoms with Crippen LogP contribution in [0.3, 0.4) is 0 Å². The summed E-state index contributed by atoms with van der Waals surface area (Å²) in [6.45, 7) is 3.81. The third-order valence-corrected chi connectivity index (χ3v) is 5.13. The number of nitrogens with one attached hydrogen (secondary N) is 1. The number of pyridine rings is 1. The Morgan fingerprint density at radius 3 is 3.00 bits per heavy atom. The van der Waals surface area contributed by atoms with Crippen molar-refractivity contribution in [3.8, 4) is 6.07 Å². The maximum atomic E-state index is 12.0. The van der Waals surface area contributed by atoms with E-state index in [1.165, 1.54) is 23.1 Å². The molecule has 0 spiro atoms. The minimum absolute atomic E-state index is 0.158. The molecule has 0 radical (unpaired) electrons. The van der Waals surface area contributed by atoms with E-state index in [0.29, 0.717) is 16.3 Å². The SMILES string of the molecule is Cc1sc(NC(=O)CSc2ccncc2N)c(C#N)c1C. The van der Waals surface area contributed by atoms with Crippen molar-refractivity contribution in [3.05, 3.63) is 34.5 Å².